The molecule has 19 heavy (non-hydrogen) atoms. The molecule has 1 aromatic rings. The highest BCUT2D eigenvalue weighted by molar-refractivity contribution is 8.03. The minimum atomic E-state index is -0.459. The first-order valence-corrected chi connectivity index (χ1v) is 7.02. The summed E-state index contributed by atoms with van der Waals surface area (Å²) in [5.74, 6) is -0.0181. The van der Waals surface area contributed by atoms with Crippen LogP contribution >= 0.6 is 23.4 Å². The maximum atomic E-state index is 12.1. The van der Waals surface area contributed by atoms with E-state index in [0.29, 0.717) is 22.4 Å². The third kappa shape index (κ3) is 3.52. The molecule has 0 bridgehead atoms. The Kier molecular flexibility index (Phi) is 4.50. The number of anilines is 1. The van der Waals surface area contributed by atoms with Crippen molar-refractivity contribution in [3.05, 3.63) is 40.0 Å². The van der Waals surface area contributed by atoms with Crippen LogP contribution in [0.1, 0.15) is 6.92 Å². The fraction of sp³-hybridized carbons (Fsp3) is 0.231. The number of hydrogen-bond donors (Lipinski definition) is 1. The van der Waals surface area contributed by atoms with E-state index in [4.69, 9.17) is 16.3 Å². The zero-order chi connectivity index (χ0) is 13.8. The van der Waals surface area contributed by atoms with Crippen molar-refractivity contribution in [2.45, 2.75) is 6.92 Å². The average Bonchev–Trinajstić information content (AvgIpc) is 2.85. The summed E-state index contributed by atoms with van der Waals surface area (Å²) in [6.45, 7) is 1.87. The summed E-state index contributed by atoms with van der Waals surface area (Å²) in [5.41, 5.74) is 0.647. The Labute approximate surface area is 120 Å². The molecule has 1 saturated heterocycles. The molecule has 1 aliphatic heterocycles. The largest absolute Gasteiger partial charge is 0.486 e. The van der Waals surface area contributed by atoms with Crippen molar-refractivity contribution in [2.75, 3.05) is 17.7 Å². The molecule has 0 aliphatic carbocycles. The van der Waals surface area contributed by atoms with Gasteiger partial charge in [-0.2, -0.15) is 0 Å². The number of rotatable bonds is 3. The quantitative estimate of drug-likeness (QED) is 0.529. The summed E-state index contributed by atoms with van der Waals surface area (Å²) >= 11 is 7.14. The molecule has 1 fully saturated rings. The Balaban J connectivity index is 2.19. The number of benzene rings is 1. The minimum Gasteiger partial charge on any atom is -0.486 e. The van der Waals surface area contributed by atoms with Gasteiger partial charge in [-0.05, 0) is 31.2 Å². The van der Waals surface area contributed by atoms with Crippen LogP contribution in [0, 0.1) is 0 Å². The van der Waals surface area contributed by atoms with Crippen molar-refractivity contribution in [1.29, 1.82) is 0 Å². The molecule has 0 spiro atoms. The van der Waals surface area contributed by atoms with Crippen molar-refractivity contribution < 1.29 is 14.3 Å². The second kappa shape index (κ2) is 6.12. The van der Waals surface area contributed by atoms with E-state index in [0.717, 1.165) is 5.75 Å². The van der Waals surface area contributed by atoms with Crippen LogP contribution in [0.5, 0.6) is 0 Å². The number of Topliss-reactive ketones (excluding diaryl/α,β-unsaturated/α-hetero) is 1. The lowest BCUT2D eigenvalue weighted by molar-refractivity contribution is -0.119. The molecule has 0 aromatic heterocycles. The molecule has 0 unspecified atom stereocenters. The number of thioether (sulfide) groups is 1. The van der Waals surface area contributed by atoms with Crippen molar-refractivity contribution >= 4 is 40.7 Å². The lowest BCUT2D eigenvalue weighted by atomic mass is 10.2. The van der Waals surface area contributed by atoms with Gasteiger partial charge in [-0.25, -0.2) is 0 Å². The second-order valence-electron chi connectivity index (χ2n) is 3.88. The van der Waals surface area contributed by atoms with E-state index in [1.165, 1.54) is 18.7 Å². The molecular weight excluding hydrogens is 286 g/mol. The lowest BCUT2D eigenvalue weighted by Gasteiger charge is -2.08. The van der Waals surface area contributed by atoms with Gasteiger partial charge in [-0.15, -0.1) is 0 Å². The van der Waals surface area contributed by atoms with E-state index in [1.807, 2.05) is 0 Å². The number of ketones is 1. The third-order valence-electron chi connectivity index (χ3n) is 2.43. The van der Waals surface area contributed by atoms with Crippen LogP contribution in [0.3, 0.4) is 0 Å². The number of nitrogens with one attached hydrogen (secondary N) is 1. The molecule has 0 radical (unpaired) electrons. The number of hydrogen-bond acceptors (Lipinski definition) is 4. The normalized spacial score (nSPS) is 16.7. The van der Waals surface area contributed by atoms with Gasteiger partial charge in [0.05, 0.1) is 6.61 Å². The van der Waals surface area contributed by atoms with Gasteiger partial charge >= 0.3 is 0 Å². The van der Waals surface area contributed by atoms with Gasteiger partial charge in [0.15, 0.2) is 10.9 Å². The Hall–Kier alpha value is -1.46. The van der Waals surface area contributed by atoms with Crippen LogP contribution in [0.25, 0.3) is 0 Å². The first kappa shape index (κ1) is 14.0. The maximum Gasteiger partial charge on any atom is 0.263 e. The van der Waals surface area contributed by atoms with Crippen molar-refractivity contribution in [3.8, 4) is 0 Å². The number of carbonyl (C=O) groups is 2. The van der Waals surface area contributed by atoms with Crippen LogP contribution in [0.15, 0.2) is 34.9 Å². The van der Waals surface area contributed by atoms with E-state index in [2.05, 4.69) is 5.32 Å². The number of carbonyl (C=O) groups excluding carboxylic acids is 2. The smallest absolute Gasteiger partial charge is 0.263 e. The molecular formula is C13H12ClNO3S. The summed E-state index contributed by atoms with van der Waals surface area (Å²) in [5, 5.41) is 3.64. The number of halogens is 1. The van der Waals surface area contributed by atoms with Crippen molar-refractivity contribution in [1.82, 2.24) is 0 Å². The molecule has 4 nitrogen and oxygen atoms in total. The Morgan fingerprint density at radius 1 is 1.32 bits per heavy atom. The van der Waals surface area contributed by atoms with Crippen LogP contribution < -0.4 is 5.32 Å². The molecule has 0 atom stereocenters. The fourth-order valence-electron chi connectivity index (χ4n) is 1.58. The van der Waals surface area contributed by atoms with Crippen molar-refractivity contribution in [3.63, 3.8) is 0 Å². The molecule has 1 aliphatic rings. The predicted octanol–water partition coefficient (Wildman–Crippen LogP) is 2.84. The van der Waals surface area contributed by atoms with E-state index < -0.39 is 5.91 Å². The van der Waals surface area contributed by atoms with E-state index in [-0.39, 0.29) is 11.4 Å². The molecule has 1 heterocycles. The van der Waals surface area contributed by atoms with E-state index >= 15 is 0 Å². The SMILES string of the molecule is CC(=O)/C(C(=O)Nc1ccc(Cl)cc1)=C1\OCCS1. The van der Waals surface area contributed by atoms with Gasteiger partial charge in [-0.1, -0.05) is 23.4 Å². The summed E-state index contributed by atoms with van der Waals surface area (Å²) in [7, 11) is 0. The predicted molar refractivity (Wildman–Crippen MR) is 76.2 cm³/mol. The maximum absolute atomic E-state index is 12.1. The summed E-state index contributed by atoms with van der Waals surface area (Å²) in [6.07, 6.45) is 0. The van der Waals surface area contributed by atoms with E-state index in [1.54, 1.807) is 24.3 Å². The molecule has 2 rings (SSSR count). The third-order valence-corrected chi connectivity index (χ3v) is 3.64. The van der Waals surface area contributed by atoms with Crippen LogP contribution in [0.4, 0.5) is 5.69 Å². The molecule has 1 N–H and O–H groups in total. The van der Waals surface area contributed by atoms with Gasteiger partial charge < -0.3 is 10.1 Å². The van der Waals surface area contributed by atoms with E-state index in [9.17, 15) is 9.59 Å². The Morgan fingerprint density at radius 3 is 2.53 bits per heavy atom. The Bertz CT molecular complexity index is 531. The molecule has 0 saturated carbocycles. The van der Waals surface area contributed by atoms with Crippen LogP contribution in [0.2, 0.25) is 5.02 Å². The van der Waals surface area contributed by atoms with Gasteiger partial charge in [0.2, 0.25) is 0 Å². The molecule has 1 aromatic carbocycles. The lowest BCUT2D eigenvalue weighted by Crippen LogP contribution is -2.20. The highest BCUT2D eigenvalue weighted by Crippen LogP contribution is 2.28. The standard InChI is InChI=1S/C13H12ClNO3S/c1-8(16)11(13-18-6-7-19-13)12(17)15-10-4-2-9(14)3-5-10/h2-5H,6-7H2,1H3,(H,15,17)/b13-11-. The molecule has 100 valence electrons. The summed E-state index contributed by atoms with van der Waals surface area (Å²) in [4.78, 5) is 23.7. The first-order valence-electron chi connectivity index (χ1n) is 5.65. The van der Waals surface area contributed by atoms with Gasteiger partial charge in [0.1, 0.15) is 5.57 Å². The first-order chi connectivity index (χ1) is 9.08. The second-order valence-corrected chi connectivity index (χ2v) is 5.38. The topological polar surface area (TPSA) is 55.4 Å². The number of amides is 1. The zero-order valence-corrected chi connectivity index (χ0v) is 11.8. The van der Waals surface area contributed by atoms with Gasteiger partial charge in [0.25, 0.3) is 5.91 Å². The van der Waals surface area contributed by atoms with Crippen LogP contribution in [-0.2, 0) is 14.3 Å². The average molecular weight is 298 g/mol. The highest BCUT2D eigenvalue weighted by Gasteiger charge is 2.24. The zero-order valence-electron chi connectivity index (χ0n) is 10.2. The minimum absolute atomic E-state index is 0.0671. The van der Waals surface area contributed by atoms with Crippen LogP contribution in [-0.4, -0.2) is 24.1 Å². The fourth-order valence-corrected chi connectivity index (χ4v) is 2.60. The highest BCUT2D eigenvalue weighted by atomic mass is 35.5. The molecule has 1 amide bonds. The molecule has 6 heteroatoms. The van der Waals surface area contributed by atoms with Gasteiger partial charge in [-0.3, -0.25) is 9.59 Å². The summed E-state index contributed by atoms with van der Waals surface area (Å²) in [6, 6.07) is 6.67. The Morgan fingerprint density at radius 2 is 2.00 bits per heavy atom. The number of ether oxygens (including phenoxy) is 1. The summed E-state index contributed by atoms with van der Waals surface area (Å²) < 4.78 is 5.29. The van der Waals surface area contributed by atoms with Crippen molar-refractivity contribution in [2.24, 2.45) is 0 Å². The van der Waals surface area contributed by atoms with Gasteiger partial charge in [0, 0.05) is 16.5 Å². The monoisotopic (exact) mass is 297 g/mol.